The van der Waals surface area contributed by atoms with Crippen LogP contribution in [0.2, 0.25) is 0 Å². The fourth-order valence-electron chi connectivity index (χ4n) is 1.42. The van der Waals surface area contributed by atoms with Crippen molar-refractivity contribution in [3.05, 3.63) is 35.6 Å². The number of alkyl halides is 3. The summed E-state index contributed by atoms with van der Waals surface area (Å²) in [6.07, 6.45) is -4.55. The summed E-state index contributed by atoms with van der Waals surface area (Å²) in [6.45, 7) is 1.09. The number of nitriles is 1. The lowest BCUT2D eigenvalue weighted by Gasteiger charge is -2.18. The molecule has 98 valence electrons. The molecule has 1 unspecified atom stereocenters. The van der Waals surface area contributed by atoms with Crippen molar-refractivity contribution in [3.63, 3.8) is 0 Å². The van der Waals surface area contributed by atoms with Crippen molar-refractivity contribution in [1.29, 1.82) is 5.26 Å². The van der Waals surface area contributed by atoms with Gasteiger partial charge in [-0.1, -0.05) is 12.1 Å². The van der Waals surface area contributed by atoms with Crippen LogP contribution in [-0.2, 0) is 0 Å². The summed E-state index contributed by atoms with van der Waals surface area (Å²) in [4.78, 5) is 0. The van der Waals surface area contributed by atoms with Gasteiger partial charge in [0, 0.05) is 12.6 Å². The molecule has 0 amide bonds. The SMILES string of the molecule is C[C@@H](NCC(C#N)C(F)(F)F)c1cccc(F)c1. The number of rotatable bonds is 4. The molecular formula is C12H12F4N2. The molecule has 0 aliphatic rings. The van der Waals surface area contributed by atoms with Gasteiger partial charge in [-0.3, -0.25) is 0 Å². The first kappa shape index (κ1) is 14.5. The van der Waals surface area contributed by atoms with Gasteiger partial charge in [-0.05, 0) is 24.6 Å². The molecule has 0 fully saturated rings. The van der Waals surface area contributed by atoms with E-state index in [-0.39, 0.29) is 0 Å². The third kappa shape index (κ3) is 4.00. The van der Waals surface area contributed by atoms with Crippen LogP contribution >= 0.6 is 0 Å². The fraction of sp³-hybridized carbons (Fsp3) is 0.417. The predicted molar refractivity (Wildman–Crippen MR) is 58.0 cm³/mol. The van der Waals surface area contributed by atoms with Crippen molar-refractivity contribution >= 4 is 0 Å². The van der Waals surface area contributed by atoms with Gasteiger partial charge in [-0.25, -0.2) is 4.39 Å². The van der Waals surface area contributed by atoms with E-state index in [4.69, 9.17) is 5.26 Å². The second-order valence-corrected chi connectivity index (χ2v) is 3.91. The van der Waals surface area contributed by atoms with Crippen molar-refractivity contribution in [1.82, 2.24) is 5.32 Å². The van der Waals surface area contributed by atoms with Crippen molar-refractivity contribution in [2.45, 2.75) is 19.1 Å². The van der Waals surface area contributed by atoms with Crippen LogP contribution in [0.25, 0.3) is 0 Å². The van der Waals surface area contributed by atoms with Gasteiger partial charge in [0.2, 0.25) is 0 Å². The maximum Gasteiger partial charge on any atom is 0.405 e. The summed E-state index contributed by atoms with van der Waals surface area (Å²) >= 11 is 0. The molecule has 1 rings (SSSR count). The summed E-state index contributed by atoms with van der Waals surface area (Å²) < 4.78 is 49.9. The lowest BCUT2D eigenvalue weighted by molar-refractivity contribution is -0.157. The zero-order valence-corrected chi connectivity index (χ0v) is 9.63. The number of nitrogens with one attached hydrogen (secondary N) is 1. The first-order chi connectivity index (χ1) is 8.34. The molecule has 0 radical (unpaired) electrons. The van der Waals surface area contributed by atoms with Crippen molar-refractivity contribution in [2.24, 2.45) is 5.92 Å². The third-order valence-corrected chi connectivity index (χ3v) is 2.53. The lowest BCUT2D eigenvalue weighted by Crippen LogP contribution is -2.33. The van der Waals surface area contributed by atoms with Gasteiger partial charge in [0.15, 0.2) is 5.92 Å². The molecule has 1 aromatic carbocycles. The fourth-order valence-corrected chi connectivity index (χ4v) is 1.42. The molecule has 0 bridgehead atoms. The molecule has 0 aliphatic carbocycles. The minimum Gasteiger partial charge on any atom is -0.309 e. The highest BCUT2D eigenvalue weighted by Crippen LogP contribution is 2.25. The maximum absolute atomic E-state index is 12.9. The molecule has 2 nitrogen and oxygen atoms in total. The molecule has 0 heterocycles. The molecule has 18 heavy (non-hydrogen) atoms. The largest absolute Gasteiger partial charge is 0.405 e. The quantitative estimate of drug-likeness (QED) is 0.844. The van der Waals surface area contributed by atoms with Gasteiger partial charge in [-0.2, -0.15) is 18.4 Å². The Bertz CT molecular complexity index is 436. The maximum atomic E-state index is 12.9. The Morgan fingerprint density at radius 2 is 2.06 bits per heavy atom. The highest BCUT2D eigenvalue weighted by Gasteiger charge is 2.39. The molecule has 6 heteroatoms. The Kier molecular flexibility index (Phi) is 4.68. The van der Waals surface area contributed by atoms with E-state index in [0.717, 1.165) is 0 Å². The molecule has 1 N–H and O–H groups in total. The molecule has 0 aromatic heterocycles. The van der Waals surface area contributed by atoms with E-state index in [1.807, 2.05) is 0 Å². The monoisotopic (exact) mass is 260 g/mol. The highest BCUT2D eigenvalue weighted by atomic mass is 19.4. The number of halogens is 4. The van der Waals surface area contributed by atoms with Crippen molar-refractivity contribution in [2.75, 3.05) is 6.54 Å². The number of benzene rings is 1. The van der Waals surface area contributed by atoms with Gasteiger partial charge >= 0.3 is 6.18 Å². The molecule has 0 saturated carbocycles. The summed E-state index contributed by atoms with van der Waals surface area (Å²) in [5.41, 5.74) is 0.536. The Labute approximate surface area is 102 Å². The van der Waals surface area contributed by atoms with Crippen LogP contribution in [0, 0.1) is 23.1 Å². The van der Waals surface area contributed by atoms with Gasteiger partial charge in [0.25, 0.3) is 0 Å². The van der Waals surface area contributed by atoms with Crippen LogP contribution in [0.3, 0.4) is 0 Å². The average Bonchev–Trinajstić information content (AvgIpc) is 2.27. The van der Waals surface area contributed by atoms with Gasteiger partial charge in [0.05, 0.1) is 6.07 Å². The second kappa shape index (κ2) is 5.83. The van der Waals surface area contributed by atoms with E-state index in [1.54, 1.807) is 13.0 Å². The molecule has 1 aromatic rings. The van der Waals surface area contributed by atoms with Gasteiger partial charge < -0.3 is 5.32 Å². The Balaban J connectivity index is 2.61. The second-order valence-electron chi connectivity index (χ2n) is 3.91. The van der Waals surface area contributed by atoms with E-state index in [0.29, 0.717) is 5.56 Å². The minimum absolute atomic E-state index is 0.450. The number of nitrogens with zero attached hydrogens (tertiary/aromatic N) is 1. The van der Waals surface area contributed by atoms with E-state index >= 15 is 0 Å². The Morgan fingerprint density at radius 3 is 2.56 bits per heavy atom. The normalized spacial score (nSPS) is 14.9. The topological polar surface area (TPSA) is 35.8 Å². The molecular weight excluding hydrogens is 248 g/mol. The number of hydrogen-bond donors (Lipinski definition) is 1. The summed E-state index contributed by atoms with van der Waals surface area (Å²) in [5.74, 6) is -2.51. The van der Waals surface area contributed by atoms with Crippen LogP contribution in [0.1, 0.15) is 18.5 Å². The third-order valence-electron chi connectivity index (χ3n) is 2.53. The van der Waals surface area contributed by atoms with E-state index in [9.17, 15) is 17.6 Å². The van der Waals surface area contributed by atoms with Gasteiger partial charge in [0.1, 0.15) is 5.82 Å². The number of hydrogen-bond acceptors (Lipinski definition) is 2. The smallest absolute Gasteiger partial charge is 0.309 e. The Hall–Kier alpha value is -1.61. The van der Waals surface area contributed by atoms with E-state index in [2.05, 4.69) is 5.32 Å². The standard InChI is InChI=1S/C12H12F4N2/c1-8(9-3-2-4-11(13)5-9)18-7-10(6-17)12(14,15)16/h2-5,8,10,18H,7H2,1H3/t8-,10?/m1/s1. The van der Waals surface area contributed by atoms with Crippen LogP contribution in [0.15, 0.2) is 24.3 Å². The van der Waals surface area contributed by atoms with E-state index in [1.165, 1.54) is 24.3 Å². The van der Waals surface area contributed by atoms with Crippen molar-refractivity contribution in [3.8, 4) is 6.07 Å². The van der Waals surface area contributed by atoms with Crippen LogP contribution in [-0.4, -0.2) is 12.7 Å². The molecule has 2 atom stereocenters. The zero-order valence-electron chi connectivity index (χ0n) is 9.63. The minimum atomic E-state index is -4.55. The average molecular weight is 260 g/mol. The van der Waals surface area contributed by atoms with Crippen molar-refractivity contribution < 1.29 is 17.6 Å². The molecule has 0 aliphatic heterocycles. The highest BCUT2D eigenvalue weighted by molar-refractivity contribution is 5.19. The summed E-state index contributed by atoms with van der Waals surface area (Å²) in [6, 6.07) is 6.32. The predicted octanol–water partition coefficient (Wildman–Crippen LogP) is 3.18. The summed E-state index contributed by atoms with van der Waals surface area (Å²) in [7, 11) is 0. The zero-order chi connectivity index (χ0) is 13.8. The van der Waals surface area contributed by atoms with Crippen LogP contribution in [0.5, 0.6) is 0 Å². The first-order valence-corrected chi connectivity index (χ1v) is 5.29. The molecule has 0 saturated heterocycles. The van der Waals surface area contributed by atoms with Crippen LogP contribution < -0.4 is 5.32 Å². The Morgan fingerprint density at radius 1 is 1.39 bits per heavy atom. The van der Waals surface area contributed by atoms with E-state index < -0.39 is 30.5 Å². The lowest BCUT2D eigenvalue weighted by atomic mass is 10.1. The molecule has 0 spiro atoms. The summed E-state index contributed by atoms with van der Waals surface area (Å²) in [5, 5.41) is 11.0. The first-order valence-electron chi connectivity index (χ1n) is 5.29. The van der Waals surface area contributed by atoms with Crippen LogP contribution in [0.4, 0.5) is 17.6 Å². The van der Waals surface area contributed by atoms with Gasteiger partial charge in [-0.15, -0.1) is 0 Å².